The van der Waals surface area contributed by atoms with E-state index < -0.39 is 10.0 Å². The molecule has 0 saturated carbocycles. The number of anilines is 2. The van der Waals surface area contributed by atoms with Gasteiger partial charge in [-0.25, -0.2) is 8.42 Å². The molecule has 0 spiro atoms. The number of amides is 1. The number of aryl methyl sites for hydroxylation is 1. The van der Waals surface area contributed by atoms with E-state index in [1.165, 1.54) is 9.87 Å². The first-order valence-corrected chi connectivity index (χ1v) is 11.5. The van der Waals surface area contributed by atoms with Crippen molar-refractivity contribution in [3.8, 4) is 11.5 Å². The molecule has 1 heterocycles. The lowest BCUT2D eigenvalue weighted by Gasteiger charge is -2.25. The summed E-state index contributed by atoms with van der Waals surface area (Å²) in [6.07, 6.45) is 2.70. The van der Waals surface area contributed by atoms with Crippen molar-refractivity contribution >= 4 is 27.3 Å². The Morgan fingerprint density at radius 2 is 1.76 bits per heavy atom. The number of benzene rings is 2. The van der Waals surface area contributed by atoms with Crippen molar-refractivity contribution in [1.29, 1.82) is 0 Å². The van der Waals surface area contributed by atoms with E-state index in [4.69, 9.17) is 9.47 Å². The zero-order valence-corrected chi connectivity index (χ0v) is 17.5. The number of hydrogen-bond donors (Lipinski definition) is 1. The smallest absolute Gasteiger partial charge is 0.232 e. The summed E-state index contributed by atoms with van der Waals surface area (Å²) in [4.78, 5) is 12.2. The molecular formula is C21H26N2O5S. The molecule has 0 atom stereocenters. The van der Waals surface area contributed by atoms with Crippen LogP contribution in [0.3, 0.4) is 0 Å². The number of sulfonamides is 1. The molecule has 1 amide bonds. The number of rotatable bonds is 8. The fourth-order valence-electron chi connectivity index (χ4n) is 3.10. The van der Waals surface area contributed by atoms with Gasteiger partial charge >= 0.3 is 0 Å². The monoisotopic (exact) mass is 418 g/mol. The van der Waals surface area contributed by atoms with Crippen molar-refractivity contribution in [3.05, 3.63) is 48.0 Å². The Morgan fingerprint density at radius 1 is 1.07 bits per heavy atom. The standard InChI is InChI=1S/C21H26N2O5S/c1-3-16-6-8-17(9-7-16)22-21(24)5-4-12-23(29(2,25)26)18-10-11-19-20(15-18)28-14-13-27-19/h6-11,15H,3-5,12-14H2,1-2H3,(H,22,24). The lowest BCUT2D eigenvalue weighted by Crippen LogP contribution is -2.31. The van der Waals surface area contributed by atoms with Crippen LogP contribution >= 0.6 is 0 Å². The van der Waals surface area contributed by atoms with Crippen LogP contribution in [-0.2, 0) is 21.2 Å². The van der Waals surface area contributed by atoms with Crippen molar-refractivity contribution in [1.82, 2.24) is 0 Å². The van der Waals surface area contributed by atoms with Gasteiger partial charge in [-0.3, -0.25) is 9.10 Å². The lowest BCUT2D eigenvalue weighted by atomic mass is 10.1. The Kier molecular flexibility index (Phi) is 6.64. The van der Waals surface area contributed by atoms with Crippen LogP contribution in [0.2, 0.25) is 0 Å². The van der Waals surface area contributed by atoms with Gasteiger partial charge in [-0.15, -0.1) is 0 Å². The molecule has 156 valence electrons. The second kappa shape index (κ2) is 9.17. The van der Waals surface area contributed by atoms with Gasteiger partial charge in [0.1, 0.15) is 13.2 Å². The second-order valence-electron chi connectivity index (χ2n) is 6.87. The minimum Gasteiger partial charge on any atom is -0.486 e. The predicted molar refractivity (Wildman–Crippen MR) is 113 cm³/mol. The van der Waals surface area contributed by atoms with Crippen molar-refractivity contribution in [2.45, 2.75) is 26.2 Å². The van der Waals surface area contributed by atoms with E-state index in [2.05, 4.69) is 12.2 Å². The topological polar surface area (TPSA) is 84.9 Å². The highest BCUT2D eigenvalue weighted by Crippen LogP contribution is 2.34. The van der Waals surface area contributed by atoms with Crippen LogP contribution in [0.4, 0.5) is 11.4 Å². The summed E-state index contributed by atoms with van der Waals surface area (Å²) < 4.78 is 36.9. The molecule has 0 unspecified atom stereocenters. The molecule has 1 aliphatic rings. The number of nitrogens with zero attached hydrogens (tertiary/aromatic N) is 1. The summed E-state index contributed by atoms with van der Waals surface area (Å²) in [6, 6.07) is 12.7. The molecular weight excluding hydrogens is 392 g/mol. The van der Waals surface area contributed by atoms with Gasteiger partial charge in [-0.1, -0.05) is 19.1 Å². The van der Waals surface area contributed by atoms with Gasteiger partial charge in [0.25, 0.3) is 0 Å². The molecule has 1 N–H and O–H groups in total. The summed E-state index contributed by atoms with van der Waals surface area (Å²) in [5.41, 5.74) is 2.43. The maximum atomic E-state index is 12.3. The van der Waals surface area contributed by atoms with E-state index >= 15 is 0 Å². The third kappa shape index (κ3) is 5.63. The first kappa shape index (κ1) is 21.0. The molecule has 0 aromatic heterocycles. The van der Waals surface area contributed by atoms with E-state index in [1.54, 1.807) is 18.2 Å². The van der Waals surface area contributed by atoms with E-state index in [0.29, 0.717) is 36.8 Å². The molecule has 0 aliphatic carbocycles. The molecule has 0 fully saturated rings. The molecule has 7 nitrogen and oxygen atoms in total. The average molecular weight is 419 g/mol. The molecule has 8 heteroatoms. The zero-order chi connectivity index (χ0) is 20.9. The normalized spacial score (nSPS) is 13.0. The molecule has 1 aliphatic heterocycles. The minimum absolute atomic E-state index is 0.148. The predicted octanol–water partition coefficient (Wildman–Crippen LogP) is 3.21. The number of fused-ring (bicyclic) bond motifs is 1. The molecule has 0 bridgehead atoms. The van der Waals surface area contributed by atoms with E-state index in [-0.39, 0.29) is 18.9 Å². The van der Waals surface area contributed by atoms with Crippen molar-refractivity contribution in [2.75, 3.05) is 35.6 Å². The maximum Gasteiger partial charge on any atom is 0.232 e. The van der Waals surface area contributed by atoms with Gasteiger partial charge < -0.3 is 14.8 Å². The van der Waals surface area contributed by atoms with Gasteiger partial charge in [0, 0.05) is 24.7 Å². The number of hydrogen-bond acceptors (Lipinski definition) is 5. The number of carbonyl (C=O) groups is 1. The molecule has 0 radical (unpaired) electrons. The van der Waals surface area contributed by atoms with Gasteiger partial charge in [0.2, 0.25) is 15.9 Å². The minimum atomic E-state index is -3.50. The zero-order valence-electron chi connectivity index (χ0n) is 16.7. The van der Waals surface area contributed by atoms with Crippen LogP contribution in [0.5, 0.6) is 11.5 Å². The Bertz CT molecular complexity index is 958. The largest absolute Gasteiger partial charge is 0.486 e. The van der Waals surface area contributed by atoms with E-state index in [1.807, 2.05) is 24.3 Å². The summed E-state index contributed by atoms with van der Waals surface area (Å²) >= 11 is 0. The third-order valence-electron chi connectivity index (χ3n) is 4.63. The van der Waals surface area contributed by atoms with Crippen LogP contribution in [0, 0.1) is 0 Å². The van der Waals surface area contributed by atoms with Crippen molar-refractivity contribution < 1.29 is 22.7 Å². The van der Waals surface area contributed by atoms with Crippen LogP contribution < -0.4 is 19.1 Å². The number of ether oxygens (including phenoxy) is 2. The number of carbonyl (C=O) groups excluding carboxylic acids is 1. The van der Waals surface area contributed by atoms with E-state index in [9.17, 15) is 13.2 Å². The lowest BCUT2D eigenvalue weighted by molar-refractivity contribution is -0.116. The van der Waals surface area contributed by atoms with Gasteiger partial charge in [-0.05, 0) is 42.7 Å². The van der Waals surface area contributed by atoms with E-state index in [0.717, 1.165) is 18.4 Å². The Hall–Kier alpha value is -2.74. The highest BCUT2D eigenvalue weighted by atomic mass is 32.2. The average Bonchev–Trinajstić information content (AvgIpc) is 2.70. The third-order valence-corrected chi connectivity index (χ3v) is 5.82. The van der Waals surface area contributed by atoms with Crippen LogP contribution in [0.1, 0.15) is 25.3 Å². The Morgan fingerprint density at radius 3 is 2.41 bits per heavy atom. The fraction of sp³-hybridized carbons (Fsp3) is 0.381. The summed E-state index contributed by atoms with van der Waals surface area (Å²) in [5, 5.41) is 2.84. The molecule has 0 saturated heterocycles. The molecule has 2 aromatic carbocycles. The highest BCUT2D eigenvalue weighted by molar-refractivity contribution is 7.92. The Balaban J connectivity index is 1.60. The molecule has 29 heavy (non-hydrogen) atoms. The molecule has 3 rings (SSSR count). The summed E-state index contributed by atoms with van der Waals surface area (Å²) in [5.74, 6) is 0.975. The first-order valence-electron chi connectivity index (χ1n) is 9.63. The van der Waals surface area contributed by atoms with Crippen molar-refractivity contribution in [3.63, 3.8) is 0 Å². The summed E-state index contributed by atoms with van der Waals surface area (Å²) in [6.45, 7) is 3.16. The molecule has 2 aromatic rings. The number of nitrogens with one attached hydrogen (secondary N) is 1. The van der Waals surface area contributed by atoms with Gasteiger partial charge in [0.15, 0.2) is 11.5 Å². The van der Waals surface area contributed by atoms with Crippen LogP contribution in [-0.4, -0.2) is 40.3 Å². The van der Waals surface area contributed by atoms with Gasteiger partial charge in [0.05, 0.1) is 11.9 Å². The SMILES string of the molecule is CCc1ccc(NC(=O)CCCN(c2ccc3c(c2)OCCO3)S(C)(=O)=O)cc1. The Labute approximate surface area is 171 Å². The maximum absolute atomic E-state index is 12.3. The first-order chi connectivity index (χ1) is 13.9. The van der Waals surface area contributed by atoms with Crippen molar-refractivity contribution in [2.24, 2.45) is 0 Å². The van der Waals surface area contributed by atoms with Gasteiger partial charge in [-0.2, -0.15) is 0 Å². The quantitative estimate of drug-likeness (QED) is 0.712. The van der Waals surface area contributed by atoms with Crippen LogP contribution in [0.15, 0.2) is 42.5 Å². The highest BCUT2D eigenvalue weighted by Gasteiger charge is 2.21. The van der Waals surface area contributed by atoms with Crippen LogP contribution in [0.25, 0.3) is 0 Å². The fourth-order valence-corrected chi connectivity index (χ4v) is 4.06. The second-order valence-corrected chi connectivity index (χ2v) is 8.77. The summed E-state index contributed by atoms with van der Waals surface area (Å²) in [7, 11) is -3.50.